The Morgan fingerprint density at radius 2 is 2.13 bits per heavy atom. The zero-order valence-corrected chi connectivity index (χ0v) is 13.8. The Kier molecular flexibility index (Phi) is 6.54. The summed E-state index contributed by atoms with van der Waals surface area (Å²) in [6.45, 7) is 3.15. The molecule has 1 aromatic rings. The first-order valence-electron chi connectivity index (χ1n) is 7.38. The van der Waals surface area contributed by atoms with Crippen LogP contribution in [0.5, 0.6) is 0 Å². The van der Waals surface area contributed by atoms with E-state index in [1.807, 2.05) is 17.5 Å². The van der Waals surface area contributed by atoms with Gasteiger partial charge >= 0.3 is 5.97 Å². The quantitative estimate of drug-likeness (QED) is 0.771. The number of carbonyl (C=O) groups excluding carboxylic acids is 3. The lowest BCUT2D eigenvalue weighted by molar-refractivity contribution is -0.154. The van der Waals surface area contributed by atoms with Gasteiger partial charge in [0.1, 0.15) is 0 Å². The van der Waals surface area contributed by atoms with Crippen LogP contribution < -0.4 is 5.32 Å². The van der Waals surface area contributed by atoms with Gasteiger partial charge in [-0.25, -0.2) is 0 Å². The van der Waals surface area contributed by atoms with Crippen molar-refractivity contribution in [3.63, 3.8) is 0 Å². The van der Waals surface area contributed by atoms with Gasteiger partial charge in [-0.15, -0.1) is 11.3 Å². The summed E-state index contributed by atoms with van der Waals surface area (Å²) in [5.41, 5.74) is 0. The number of esters is 1. The molecule has 2 amide bonds. The van der Waals surface area contributed by atoms with E-state index in [-0.39, 0.29) is 24.8 Å². The SMILES string of the molecule is CC(=O)NC(CC(=O)OCC(=O)N1CCOCC1)c1cccs1. The van der Waals surface area contributed by atoms with E-state index in [1.54, 1.807) is 4.90 Å². The van der Waals surface area contributed by atoms with Crippen molar-refractivity contribution < 1.29 is 23.9 Å². The number of ether oxygens (including phenoxy) is 2. The molecule has 0 bridgehead atoms. The number of hydrogen-bond acceptors (Lipinski definition) is 6. The average Bonchev–Trinajstić information content (AvgIpc) is 3.07. The molecule has 1 unspecified atom stereocenters. The van der Waals surface area contributed by atoms with E-state index in [0.29, 0.717) is 26.3 Å². The lowest BCUT2D eigenvalue weighted by atomic mass is 10.1. The molecule has 0 aromatic carbocycles. The second-order valence-electron chi connectivity index (χ2n) is 5.13. The number of amides is 2. The van der Waals surface area contributed by atoms with E-state index in [1.165, 1.54) is 18.3 Å². The highest BCUT2D eigenvalue weighted by molar-refractivity contribution is 7.10. The molecule has 0 aliphatic carbocycles. The number of morpholine rings is 1. The molecule has 1 N–H and O–H groups in total. The van der Waals surface area contributed by atoms with Crippen LogP contribution in [0.3, 0.4) is 0 Å². The third-order valence-electron chi connectivity index (χ3n) is 3.36. The fourth-order valence-electron chi connectivity index (χ4n) is 2.23. The molecular formula is C15H20N2O5S. The molecule has 1 atom stereocenters. The molecule has 1 aliphatic rings. The normalized spacial score (nSPS) is 15.8. The lowest BCUT2D eigenvalue weighted by Crippen LogP contribution is -2.42. The highest BCUT2D eigenvalue weighted by Crippen LogP contribution is 2.22. The van der Waals surface area contributed by atoms with E-state index in [9.17, 15) is 14.4 Å². The number of nitrogens with zero attached hydrogens (tertiary/aromatic N) is 1. The summed E-state index contributed by atoms with van der Waals surface area (Å²) in [4.78, 5) is 37.6. The molecule has 1 fully saturated rings. The summed E-state index contributed by atoms with van der Waals surface area (Å²) >= 11 is 1.45. The first kappa shape index (κ1) is 17.4. The van der Waals surface area contributed by atoms with Gasteiger partial charge in [-0.1, -0.05) is 6.07 Å². The zero-order chi connectivity index (χ0) is 16.7. The molecule has 8 heteroatoms. The van der Waals surface area contributed by atoms with Gasteiger partial charge in [0, 0.05) is 24.9 Å². The van der Waals surface area contributed by atoms with Crippen molar-refractivity contribution in [1.29, 1.82) is 0 Å². The van der Waals surface area contributed by atoms with Crippen molar-refractivity contribution in [1.82, 2.24) is 10.2 Å². The minimum absolute atomic E-state index is 0.00349. The predicted molar refractivity (Wildman–Crippen MR) is 83.9 cm³/mol. The van der Waals surface area contributed by atoms with Crippen LogP contribution >= 0.6 is 11.3 Å². The molecular weight excluding hydrogens is 320 g/mol. The topological polar surface area (TPSA) is 84.9 Å². The number of nitrogens with one attached hydrogen (secondary N) is 1. The van der Waals surface area contributed by atoms with Gasteiger partial charge in [-0.05, 0) is 11.4 Å². The van der Waals surface area contributed by atoms with Gasteiger partial charge in [-0.3, -0.25) is 14.4 Å². The average molecular weight is 340 g/mol. The van der Waals surface area contributed by atoms with Crippen LogP contribution in [-0.4, -0.2) is 55.6 Å². The van der Waals surface area contributed by atoms with Gasteiger partial charge in [0.2, 0.25) is 5.91 Å². The molecule has 7 nitrogen and oxygen atoms in total. The Balaban J connectivity index is 1.81. The van der Waals surface area contributed by atoms with Crippen molar-refractivity contribution in [3.05, 3.63) is 22.4 Å². The molecule has 126 valence electrons. The molecule has 0 saturated carbocycles. The van der Waals surface area contributed by atoms with Crippen molar-refractivity contribution >= 4 is 29.1 Å². The van der Waals surface area contributed by atoms with E-state index < -0.39 is 12.0 Å². The summed E-state index contributed by atoms with van der Waals surface area (Å²) < 4.78 is 10.2. The van der Waals surface area contributed by atoms with E-state index in [0.717, 1.165) is 4.88 Å². The van der Waals surface area contributed by atoms with Crippen LogP contribution in [-0.2, 0) is 23.9 Å². The van der Waals surface area contributed by atoms with Crippen LogP contribution in [0, 0.1) is 0 Å². The number of thiophene rings is 1. The Morgan fingerprint density at radius 1 is 1.39 bits per heavy atom. The Bertz CT molecular complexity index is 540. The third kappa shape index (κ3) is 5.65. The van der Waals surface area contributed by atoms with Crippen molar-refractivity contribution in [3.8, 4) is 0 Å². The summed E-state index contributed by atoms with van der Waals surface area (Å²) in [5, 5.41) is 4.60. The maximum atomic E-state index is 12.0. The molecule has 0 radical (unpaired) electrons. The van der Waals surface area contributed by atoms with Gasteiger partial charge < -0.3 is 19.7 Å². The summed E-state index contributed by atoms with van der Waals surface area (Å²) in [7, 11) is 0. The molecule has 23 heavy (non-hydrogen) atoms. The fourth-order valence-corrected chi connectivity index (χ4v) is 3.01. The van der Waals surface area contributed by atoms with Crippen LogP contribution in [0.1, 0.15) is 24.3 Å². The van der Waals surface area contributed by atoms with Crippen molar-refractivity contribution in [2.45, 2.75) is 19.4 Å². The monoisotopic (exact) mass is 340 g/mol. The summed E-state index contributed by atoms with van der Waals surface area (Å²) in [6.07, 6.45) is -0.00349. The highest BCUT2D eigenvalue weighted by Gasteiger charge is 2.21. The minimum Gasteiger partial charge on any atom is -0.455 e. The lowest BCUT2D eigenvalue weighted by Gasteiger charge is -2.26. The molecule has 2 rings (SSSR count). The van der Waals surface area contributed by atoms with E-state index in [2.05, 4.69) is 5.32 Å². The standard InChI is InChI=1S/C15H20N2O5S/c1-11(18)16-12(13-3-2-8-23-13)9-15(20)22-10-14(19)17-4-6-21-7-5-17/h2-3,8,12H,4-7,9-10H2,1H3,(H,16,18). The molecule has 0 spiro atoms. The Hall–Kier alpha value is -1.93. The largest absolute Gasteiger partial charge is 0.455 e. The summed E-state index contributed by atoms with van der Waals surface area (Å²) in [6, 6.07) is 3.26. The predicted octanol–water partition coefficient (Wildman–Crippen LogP) is 0.717. The Labute approximate surface area is 138 Å². The highest BCUT2D eigenvalue weighted by atomic mass is 32.1. The third-order valence-corrected chi connectivity index (χ3v) is 4.34. The number of rotatable bonds is 6. The zero-order valence-electron chi connectivity index (χ0n) is 12.9. The first-order valence-corrected chi connectivity index (χ1v) is 8.26. The number of carbonyl (C=O) groups is 3. The molecule has 1 saturated heterocycles. The molecule has 1 aliphatic heterocycles. The van der Waals surface area contributed by atoms with Gasteiger partial charge in [0.05, 0.1) is 25.7 Å². The van der Waals surface area contributed by atoms with Gasteiger partial charge in [0.15, 0.2) is 6.61 Å². The van der Waals surface area contributed by atoms with Crippen molar-refractivity contribution in [2.24, 2.45) is 0 Å². The van der Waals surface area contributed by atoms with Gasteiger partial charge in [-0.2, -0.15) is 0 Å². The maximum Gasteiger partial charge on any atom is 0.308 e. The Morgan fingerprint density at radius 3 is 2.74 bits per heavy atom. The van der Waals surface area contributed by atoms with Crippen LogP contribution in [0.2, 0.25) is 0 Å². The second kappa shape index (κ2) is 8.64. The first-order chi connectivity index (χ1) is 11.1. The van der Waals surface area contributed by atoms with Crippen LogP contribution in [0.25, 0.3) is 0 Å². The smallest absolute Gasteiger partial charge is 0.308 e. The molecule has 1 aromatic heterocycles. The second-order valence-corrected chi connectivity index (χ2v) is 6.11. The number of hydrogen-bond donors (Lipinski definition) is 1. The van der Waals surface area contributed by atoms with Gasteiger partial charge in [0.25, 0.3) is 5.91 Å². The van der Waals surface area contributed by atoms with Crippen molar-refractivity contribution in [2.75, 3.05) is 32.9 Å². The fraction of sp³-hybridized carbons (Fsp3) is 0.533. The minimum atomic E-state index is -0.515. The van der Waals surface area contributed by atoms with Crippen LogP contribution in [0.4, 0.5) is 0 Å². The van der Waals surface area contributed by atoms with E-state index >= 15 is 0 Å². The van der Waals surface area contributed by atoms with Crippen LogP contribution in [0.15, 0.2) is 17.5 Å². The summed E-state index contributed by atoms with van der Waals surface area (Å²) in [5.74, 6) is -0.965. The van der Waals surface area contributed by atoms with E-state index in [4.69, 9.17) is 9.47 Å². The maximum absolute atomic E-state index is 12.0. The molecule has 2 heterocycles.